The third-order valence-electron chi connectivity index (χ3n) is 3.30. The number of carboxylic acid groups (broad SMARTS) is 1. The molecule has 3 N–H and O–H groups in total. The Bertz CT molecular complexity index is 263. The van der Waals surface area contributed by atoms with Crippen LogP contribution in [0.25, 0.3) is 0 Å². The highest BCUT2D eigenvalue weighted by Gasteiger charge is 2.03. The molecular formula is C16H30O4. The van der Waals surface area contributed by atoms with Crippen LogP contribution in [-0.4, -0.2) is 33.5 Å². The lowest BCUT2D eigenvalue weighted by atomic mass is 10.1. The van der Waals surface area contributed by atoms with Crippen LogP contribution in [0.2, 0.25) is 0 Å². The maximum atomic E-state index is 10.3. The van der Waals surface area contributed by atoms with Crippen molar-refractivity contribution >= 4 is 5.97 Å². The topological polar surface area (TPSA) is 77.8 Å². The van der Waals surface area contributed by atoms with E-state index < -0.39 is 18.2 Å². The molecule has 0 saturated carbocycles. The number of aliphatic hydroxyl groups excluding tert-OH is 2. The summed E-state index contributed by atoms with van der Waals surface area (Å²) in [6, 6.07) is 0. The van der Waals surface area contributed by atoms with Gasteiger partial charge in [-0.3, -0.25) is 4.79 Å². The van der Waals surface area contributed by atoms with Crippen LogP contribution in [-0.2, 0) is 4.79 Å². The number of aliphatic hydroxyl groups is 2. The number of carboxylic acids is 1. The van der Waals surface area contributed by atoms with Gasteiger partial charge >= 0.3 is 5.97 Å². The van der Waals surface area contributed by atoms with Crippen molar-refractivity contribution in [1.82, 2.24) is 0 Å². The average molecular weight is 286 g/mol. The molecule has 0 heterocycles. The zero-order valence-corrected chi connectivity index (χ0v) is 12.6. The maximum absolute atomic E-state index is 10.3. The van der Waals surface area contributed by atoms with Gasteiger partial charge in [-0.25, -0.2) is 0 Å². The van der Waals surface area contributed by atoms with E-state index in [4.69, 9.17) is 5.11 Å². The quantitative estimate of drug-likeness (QED) is 0.359. The molecule has 0 radical (unpaired) electrons. The minimum absolute atomic E-state index is 0.229. The molecule has 0 unspecified atom stereocenters. The fourth-order valence-corrected chi connectivity index (χ4v) is 2.04. The van der Waals surface area contributed by atoms with E-state index in [0.717, 1.165) is 44.9 Å². The van der Waals surface area contributed by atoms with E-state index in [-0.39, 0.29) is 6.42 Å². The van der Waals surface area contributed by atoms with Crippen LogP contribution < -0.4 is 0 Å². The van der Waals surface area contributed by atoms with Crippen molar-refractivity contribution in [2.24, 2.45) is 0 Å². The van der Waals surface area contributed by atoms with Crippen LogP contribution in [0, 0.1) is 0 Å². The molecule has 0 aliphatic heterocycles. The van der Waals surface area contributed by atoms with Crippen LogP contribution in [0.4, 0.5) is 0 Å². The summed E-state index contributed by atoms with van der Waals surface area (Å²) in [4.78, 5) is 10.3. The van der Waals surface area contributed by atoms with Crippen molar-refractivity contribution in [3.63, 3.8) is 0 Å². The Morgan fingerprint density at radius 1 is 0.900 bits per heavy atom. The smallest absolute Gasteiger partial charge is 0.303 e. The first-order valence-corrected chi connectivity index (χ1v) is 7.82. The Balaban J connectivity index is 3.51. The van der Waals surface area contributed by atoms with Gasteiger partial charge in [-0.05, 0) is 19.3 Å². The molecule has 0 aromatic rings. The first-order chi connectivity index (χ1) is 9.56. The van der Waals surface area contributed by atoms with E-state index in [9.17, 15) is 15.0 Å². The molecule has 0 aromatic heterocycles. The number of hydrogen-bond acceptors (Lipinski definition) is 3. The molecule has 0 saturated heterocycles. The maximum Gasteiger partial charge on any atom is 0.303 e. The second-order valence-corrected chi connectivity index (χ2v) is 5.36. The van der Waals surface area contributed by atoms with Crippen LogP contribution in [0.15, 0.2) is 12.2 Å². The predicted molar refractivity (Wildman–Crippen MR) is 80.6 cm³/mol. The molecule has 0 aromatic carbocycles. The van der Waals surface area contributed by atoms with Crippen LogP contribution in [0.3, 0.4) is 0 Å². The summed E-state index contributed by atoms with van der Waals surface area (Å²) in [5.74, 6) is -0.745. The monoisotopic (exact) mass is 286 g/mol. The lowest BCUT2D eigenvalue weighted by molar-refractivity contribution is -0.137. The van der Waals surface area contributed by atoms with E-state index >= 15 is 0 Å². The van der Waals surface area contributed by atoms with Gasteiger partial charge in [0.15, 0.2) is 0 Å². The van der Waals surface area contributed by atoms with Gasteiger partial charge in [0.25, 0.3) is 0 Å². The first-order valence-electron chi connectivity index (χ1n) is 7.82. The molecular weight excluding hydrogens is 256 g/mol. The fourth-order valence-electron chi connectivity index (χ4n) is 2.04. The molecule has 0 aliphatic rings. The Kier molecular flexibility index (Phi) is 12.6. The van der Waals surface area contributed by atoms with Gasteiger partial charge in [0.2, 0.25) is 0 Å². The zero-order chi connectivity index (χ0) is 15.2. The molecule has 4 nitrogen and oxygen atoms in total. The predicted octanol–water partition coefficient (Wildman–Crippen LogP) is 3.27. The van der Waals surface area contributed by atoms with Gasteiger partial charge < -0.3 is 15.3 Å². The number of rotatable bonds is 13. The van der Waals surface area contributed by atoms with E-state index in [2.05, 4.69) is 6.92 Å². The van der Waals surface area contributed by atoms with Crippen LogP contribution in [0.5, 0.6) is 0 Å². The van der Waals surface area contributed by atoms with Crippen molar-refractivity contribution in [2.75, 3.05) is 0 Å². The number of carbonyl (C=O) groups is 1. The largest absolute Gasteiger partial charge is 0.481 e. The molecule has 2 atom stereocenters. The molecule has 20 heavy (non-hydrogen) atoms. The summed E-state index contributed by atoms with van der Waals surface area (Å²) in [6.45, 7) is 2.13. The van der Waals surface area contributed by atoms with E-state index in [0.29, 0.717) is 12.8 Å². The highest BCUT2D eigenvalue weighted by molar-refractivity contribution is 5.66. The average Bonchev–Trinajstić information content (AvgIpc) is 2.40. The highest BCUT2D eigenvalue weighted by Crippen LogP contribution is 2.09. The lowest BCUT2D eigenvalue weighted by Crippen LogP contribution is -2.06. The third kappa shape index (κ3) is 13.6. The van der Waals surface area contributed by atoms with Crippen molar-refractivity contribution in [1.29, 1.82) is 0 Å². The molecule has 0 amide bonds. The molecule has 0 rings (SSSR count). The molecule has 0 fully saturated rings. The summed E-state index contributed by atoms with van der Waals surface area (Å²) < 4.78 is 0. The van der Waals surface area contributed by atoms with Gasteiger partial charge in [-0.15, -0.1) is 0 Å². The lowest BCUT2D eigenvalue weighted by Gasteiger charge is -2.08. The second-order valence-electron chi connectivity index (χ2n) is 5.36. The highest BCUT2D eigenvalue weighted by atomic mass is 16.4. The number of unbranched alkanes of at least 4 members (excludes halogenated alkanes) is 5. The van der Waals surface area contributed by atoms with Crippen molar-refractivity contribution in [2.45, 2.75) is 83.3 Å². The minimum Gasteiger partial charge on any atom is -0.481 e. The van der Waals surface area contributed by atoms with Gasteiger partial charge in [-0.1, -0.05) is 57.6 Å². The summed E-state index contributed by atoms with van der Waals surface area (Å²) in [5.41, 5.74) is 0. The first kappa shape index (κ1) is 19.1. The molecule has 0 aliphatic carbocycles. The Hall–Kier alpha value is -0.870. The van der Waals surface area contributed by atoms with E-state index in [1.807, 2.05) is 0 Å². The Morgan fingerprint density at radius 2 is 1.40 bits per heavy atom. The zero-order valence-electron chi connectivity index (χ0n) is 12.6. The molecule has 118 valence electrons. The summed E-state index contributed by atoms with van der Waals surface area (Å²) in [6.07, 6.45) is 10.8. The third-order valence-corrected chi connectivity index (χ3v) is 3.30. The number of hydrogen-bond donors (Lipinski definition) is 3. The molecule has 4 heteroatoms. The van der Waals surface area contributed by atoms with Gasteiger partial charge in [-0.2, -0.15) is 0 Å². The van der Waals surface area contributed by atoms with Crippen molar-refractivity contribution in [3.05, 3.63) is 12.2 Å². The minimum atomic E-state index is -0.745. The Labute approximate surface area is 122 Å². The van der Waals surface area contributed by atoms with Gasteiger partial charge in [0.05, 0.1) is 12.2 Å². The number of aliphatic carboxylic acids is 1. The van der Waals surface area contributed by atoms with Crippen molar-refractivity contribution < 1.29 is 20.1 Å². The Morgan fingerprint density at radius 3 is 1.90 bits per heavy atom. The second kappa shape index (κ2) is 13.1. The van der Waals surface area contributed by atoms with E-state index in [1.54, 1.807) is 12.2 Å². The van der Waals surface area contributed by atoms with E-state index in [1.165, 1.54) is 0 Å². The van der Waals surface area contributed by atoms with Crippen LogP contribution in [0.1, 0.15) is 71.1 Å². The molecule has 0 spiro atoms. The summed E-state index contributed by atoms with van der Waals surface area (Å²) in [7, 11) is 0. The molecule has 0 bridgehead atoms. The van der Waals surface area contributed by atoms with Crippen LogP contribution >= 0.6 is 0 Å². The normalized spacial score (nSPS) is 14.6. The van der Waals surface area contributed by atoms with Crippen molar-refractivity contribution in [3.8, 4) is 0 Å². The van der Waals surface area contributed by atoms with Gasteiger partial charge in [0, 0.05) is 6.42 Å². The summed E-state index contributed by atoms with van der Waals surface area (Å²) in [5, 5.41) is 27.9. The standard InChI is InChI=1S/C16H30O4/c1-2-3-6-9-14(17)12-13-15(18)10-7-4-5-8-11-16(19)20/h12-15,17-18H,2-11H2,1H3,(H,19,20)/b13-12+/t14-,15+/m1/s1. The fraction of sp³-hybridized carbons (Fsp3) is 0.812. The van der Waals surface area contributed by atoms with Gasteiger partial charge in [0.1, 0.15) is 0 Å². The SMILES string of the molecule is CCCCC[C@@H](O)/C=C/[C@@H](O)CCCCCCC(=O)O. The summed E-state index contributed by atoms with van der Waals surface area (Å²) >= 11 is 0.